The van der Waals surface area contributed by atoms with Crippen LogP contribution in [0.15, 0.2) is 66.0 Å². The predicted octanol–water partition coefficient (Wildman–Crippen LogP) is 5.58. The summed E-state index contributed by atoms with van der Waals surface area (Å²) >= 11 is 6.08. The second-order valence-electron chi connectivity index (χ2n) is 7.15. The molecule has 0 aliphatic heterocycles. The third-order valence-electron chi connectivity index (χ3n) is 5.22. The molecule has 0 aliphatic rings. The van der Waals surface area contributed by atoms with Gasteiger partial charge in [0.05, 0.1) is 30.3 Å². The van der Waals surface area contributed by atoms with E-state index in [0.717, 1.165) is 5.56 Å². The highest BCUT2D eigenvalue weighted by atomic mass is 35.5. The Morgan fingerprint density at radius 3 is 2.38 bits per heavy atom. The normalized spacial score (nSPS) is 11.0. The number of aromatic nitrogens is 1. The zero-order valence-corrected chi connectivity index (χ0v) is 18.4. The Hall–Kier alpha value is -3.51. The van der Waals surface area contributed by atoms with E-state index >= 15 is 0 Å². The van der Waals surface area contributed by atoms with E-state index in [1.807, 2.05) is 28.8 Å². The molecule has 1 heterocycles. The van der Waals surface area contributed by atoms with E-state index in [9.17, 15) is 9.18 Å². The van der Waals surface area contributed by atoms with Crippen molar-refractivity contribution in [2.45, 2.75) is 6.54 Å². The fourth-order valence-corrected chi connectivity index (χ4v) is 3.94. The Bertz CT molecular complexity index is 1370. The average Bonchev–Trinajstić information content (AvgIpc) is 2.81. The van der Waals surface area contributed by atoms with Crippen LogP contribution in [0.1, 0.15) is 5.56 Å². The minimum atomic E-state index is -0.634. The van der Waals surface area contributed by atoms with Crippen LogP contribution in [0, 0.1) is 5.82 Å². The number of para-hydroxylation sites is 1. The lowest BCUT2D eigenvalue weighted by Gasteiger charge is -2.19. The number of ether oxygens (including phenoxy) is 3. The Morgan fingerprint density at radius 1 is 1.03 bits per heavy atom. The Balaban J connectivity index is 1.96. The van der Waals surface area contributed by atoms with Gasteiger partial charge >= 0.3 is 0 Å². The van der Waals surface area contributed by atoms with Crippen molar-refractivity contribution in [3.63, 3.8) is 0 Å². The first-order valence-corrected chi connectivity index (χ1v) is 10.2. The van der Waals surface area contributed by atoms with Crippen molar-refractivity contribution >= 4 is 33.4 Å². The summed E-state index contributed by atoms with van der Waals surface area (Å²) in [5, 5.41) is 0.700. The van der Waals surface area contributed by atoms with Gasteiger partial charge in [-0.15, -0.1) is 0 Å². The van der Waals surface area contributed by atoms with E-state index in [2.05, 4.69) is 6.58 Å². The number of pyridine rings is 1. The molecule has 0 fully saturated rings. The van der Waals surface area contributed by atoms with Crippen LogP contribution >= 0.6 is 11.6 Å². The smallest absolute Gasteiger partial charge is 0.203 e. The Morgan fingerprint density at radius 2 is 1.72 bits per heavy atom. The first-order chi connectivity index (χ1) is 15.5. The minimum absolute atomic E-state index is 0.0516. The standard InChI is InChI=1S/C25H21ClFNO4/c1-4-9-32-25-22(30-2)10-15(11-23(25)31-3)14-28-20-8-6-5-7-16(20)24(29)17-12-19(27)18(26)13-21(17)28/h4-8,10-13H,1,9,14H2,2-3H3. The quantitative estimate of drug-likeness (QED) is 0.271. The van der Waals surface area contributed by atoms with Gasteiger partial charge < -0.3 is 18.8 Å². The van der Waals surface area contributed by atoms with Crippen LogP contribution in [-0.4, -0.2) is 25.4 Å². The Kier molecular flexibility index (Phi) is 6.06. The largest absolute Gasteiger partial charge is 0.493 e. The molecule has 0 saturated heterocycles. The number of fused-ring (bicyclic) bond motifs is 2. The summed E-state index contributed by atoms with van der Waals surface area (Å²) < 4.78 is 32.9. The molecule has 5 nitrogen and oxygen atoms in total. The molecule has 0 amide bonds. The molecule has 3 aromatic carbocycles. The van der Waals surface area contributed by atoms with E-state index in [4.69, 9.17) is 25.8 Å². The summed E-state index contributed by atoms with van der Waals surface area (Å²) in [5.74, 6) is 0.836. The molecule has 164 valence electrons. The molecule has 4 rings (SSSR count). The Labute approximate surface area is 189 Å². The van der Waals surface area contributed by atoms with Crippen molar-refractivity contribution in [1.82, 2.24) is 4.57 Å². The molecule has 0 unspecified atom stereocenters. The summed E-state index contributed by atoms with van der Waals surface area (Å²) in [6, 6.07) is 13.6. The van der Waals surface area contributed by atoms with Crippen molar-refractivity contribution in [2.24, 2.45) is 0 Å². The molecule has 0 atom stereocenters. The van der Waals surface area contributed by atoms with Gasteiger partial charge in [0.15, 0.2) is 16.9 Å². The fraction of sp³-hybridized carbons (Fsp3) is 0.160. The number of benzene rings is 3. The summed E-state index contributed by atoms with van der Waals surface area (Å²) in [6.45, 7) is 4.32. The number of halogens is 2. The van der Waals surface area contributed by atoms with E-state index in [1.165, 1.54) is 12.1 Å². The van der Waals surface area contributed by atoms with Crippen LogP contribution in [0.5, 0.6) is 17.2 Å². The van der Waals surface area contributed by atoms with Crippen LogP contribution in [0.25, 0.3) is 21.8 Å². The van der Waals surface area contributed by atoms with Gasteiger partial charge in [-0.2, -0.15) is 0 Å². The average molecular weight is 454 g/mol. The monoisotopic (exact) mass is 453 g/mol. The van der Waals surface area contributed by atoms with Gasteiger partial charge in [0.25, 0.3) is 0 Å². The third-order valence-corrected chi connectivity index (χ3v) is 5.51. The number of methoxy groups -OCH3 is 2. The number of nitrogens with zero attached hydrogens (tertiary/aromatic N) is 1. The minimum Gasteiger partial charge on any atom is -0.493 e. The van der Waals surface area contributed by atoms with Gasteiger partial charge in [0.1, 0.15) is 12.4 Å². The molecule has 7 heteroatoms. The highest BCUT2D eigenvalue weighted by Gasteiger charge is 2.17. The van der Waals surface area contributed by atoms with Crippen LogP contribution in [0.2, 0.25) is 5.02 Å². The maximum atomic E-state index is 14.2. The van der Waals surface area contributed by atoms with Crippen LogP contribution < -0.4 is 19.6 Å². The molecule has 0 spiro atoms. The van der Waals surface area contributed by atoms with Crippen molar-refractivity contribution < 1.29 is 18.6 Å². The topological polar surface area (TPSA) is 49.7 Å². The number of hydrogen-bond donors (Lipinski definition) is 0. The molecule has 32 heavy (non-hydrogen) atoms. The first-order valence-electron chi connectivity index (χ1n) is 9.87. The van der Waals surface area contributed by atoms with Gasteiger partial charge in [-0.05, 0) is 42.0 Å². The maximum absolute atomic E-state index is 14.2. The van der Waals surface area contributed by atoms with Gasteiger partial charge in [-0.3, -0.25) is 4.79 Å². The fourth-order valence-electron chi connectivity index (χ4n) is 3.78. The number of hydrogen-bond acceptors (Lipinski definition) is 4. The van der Waals surface area contributed by atoms with Gasteiger partial charge in [0.2, 0.25) is 5.75 Å². The molecule has 4 aromatic rings. The lowest BCUT2D eigenvalue weighted by atomic mass is 10.1. The predicted molar refractivity (Wildman–Crippen MR) is 125 cm³/mol. The number of rotatable bonds is 7. The molecule has 0 aliphatic carbocycles. The lowest BCUT2D eigenvalue weighted by molar-refractivity contribution is 0.300. The molecule has 1 aromatic heterocycles. The zero-order chi connectivity index (χ0) is 22.8. The second-order valence-corrected chi connectivity index (χ2v) is 7.55. The summed E-state index contributed by atoms with van der Waals surface area (Å²) in [5.41, 5.74) is 1.83. The SMILES string of the molecule is C=CCOc1c(OC)cc(Cn2c3ccccc3c(=O)c3cc(F)c(Cl)cc32)cc1OC. The van der Waals surface area contributed by atoms with Crippen molar-refractivity contribution in [3.05, 3.63) is 87.8 Å². The molecule has 0 radical (unpaired) electrons. The molecule has 0 saturated carbocycles. The van der Waals surface area contributed by atoms with Crippen molar-refractivity contribution in [1.29, 1.82) is 0 Å². The maximum Gasteiger partial charge on any atom is 0.203 e. The van der Waals surface area contributed by atoms with Crippen LogP contribution in [-0.2, 0) is 6.54 Å². The van der Waals surface area contributed by atoms with Gasteiger partial charge in [0, 0.05) is 17.3 Å². The molecule has 0 bridgehead atoms. The second kappa shape index (κ2) is 8.93. The van der Waals surface area contributed by atoms with E-state index in [0.29, 0.717) is 46.8 Å². The molecular formula is C25H21ClFNO4. The summed E-state index contributed by atoms with van der Waals surface area (Å²) in [6.07, 6.45) is 1.63. The molecule has 0 N–H and O–H groups in total. The molecular weight excluding hydrogens is 433 g/mol. The van der Waals surface area contributed by atoms with E-state index < -0.39 is 5.82 Å². The van der Waals surface area contributed by atoms with Crippen LogP contribution in [0.4, 0.5) is 4.39 Å². The van der Waals surface area contributed by atoms with Crippen molar-refractivity contribution in [2.75, 3.05) is 20.8 Å². The van der Waals surface area contributed by atoms with Gasteiger partial charge in [-0.1, -0.05) is 36.4 Å². The first kappa shape index (κ1) is 21.7. The van der Waals surface area contributed by atoms with E-state index in [1.54, 1.807) is 32.4 Å². The van der Waals surface area contributed by atoms with Gasteiger partial charge in [-0.25, -0.2) is 4.39 Å². The van der Waals surface area contributed by atoms with E-state index in [-0.39, 0.29) is 15.8 Å². The highest BCUT2D eigenvalue weighted by molar-refractivity contribution is 6.31. The lowest BCUT2D eigenvalue weighted by Crippen LogP contribution is -2.13. The third kappa shape index (κ3) is 3.78. The van der Waals surface area contributed by atoms with Crippen LogP contribution in [0.3, 0.4) is 0 Å². The highest BCUT2D eigenvalue weighted by Crippen LogP contribution is 2.39. The zero-order valence-electron chi connectivity index (χ0n) is 17.7. The summed E-state index contributed by atoms with van der Waals surface area (Å²) in [7, 11) is 3.10. The van der Waals surface area contributed by atoms with Crippen molar-refractivity contribution in [3.8, 4) is 17.2 Å². The summed E-state index contributed by atoms with van der Waals surface area (Å²) in [4.78, 5) is 13.0.